The van der Waals surface area contributed by atoms with Crippen LogP contribution in [0.1, 0.15) is 19.8 Å². The Morgan fingerprint density at radius 2 is 2.22 bits per heavy atom. The molecule has 0 saturated heterocycles. The first-order chi connectivity index (χ1) is 8.52. The van der Waals surface area contributed by atoms with Gasteiger partial charge in [-0.15, -0.1) is 11.8 Å². The Morgan fingerprint density at radius 3 is 2.83 bits per heavy atom. The maximum atomic E-state index is 13.4. The van der Waals surface area contributed by atoms with Crippen molar-refractivity contribution in [3.05, 3.63) is 29.8 Å². The summed E-state index contributed by atoms with van der Waals surface area (Å²) in [5.74, 6) is -0.527. The number of nitrogens with one attached hydrogen (secondary N) is 1. The lowest BCUT2D eigenvalue weighted by atomic mass is 10.1. The summed E-state index contributed by atoms with van der Waals surface area (Å²) in [4.78, 5) is 0.245. The molecule has 96 valence electrons. The third-order valence-electron chi connectivity index (χ3n) is 2.76. The van der Waals surface area contributed by atoms with Crippen LogP contribution in [0.4, 0.5) is 8.78 Å². The molecule has 1 fully saturated rings. The summed E-state index contributed by atoms with van der Waals surface area (Å²) in [6, 6.07) is 5.96. The molecule has 0 aliphatic heterocycles. The van der Waals surface area contributed by atoms with Crippen molar-refractivity contribution in [1.29, 1.82) is 5.26 Å². The molecule has 0 aromatic heterocycles. The van der Waals surface area contributed by atoms with Gasteiger partial charge in [0.15, 0.2) is 0 Å². The summed E-state index contributed by atoms with van der Waals surface area (Å²) in [5, 5.41) is 12.4. The Kier molecular flexibility index (Phi) is 3.88. The van der Waals surface area contributed by atoms with Crippen LogP contribution in [0.3, 0.4) is 0 Å². The van der Waals surface area contributed by atoms with Gasteiger partial charge in [-0.05, 0) is 38.0 Å². The Morgan fingerprint density at radius 1 is 1.50 bits per heavy atom. The predicted octanol–water partition coefficient (Wildman–Crippen LogP) is 3.09. The van der Waals surface area contributed by atoms with Gasteiger partial charge in [-0.1, -0.05) is 0 Å². The highest BCUT2D eigenvalue weighted by Gasteiger charge is 2.32. The zero-order valence-electron chi connectivity index (χ0n) is 10.0. The zero-order chi connectivity index (χ0) is 13.2. The molecule has 2 nitrogen and oxygen atoms in total. The summed E-state index contributed by atoms with van der Waals surface area (Å²) in [6.45, 7) is 1.79. The maximum Gasteiger partial charge on any atom is 0.136 e. The zero-order valence-corrected chi connectivity index (χ0v) is 10.9. The maximum absolute atomic E-state index is 13.4. The summed E-state index contributed by atoms with van der Waals surface area (Å²) in [7, 11) is 0. The second kappa shape index (κ2) is 5.25. The largest absolute Gasteiger partial charge is 0.296 e. The lowest BCUT2D eigenvalue weighted by Gasteiger charge is -2.22. The van der Waals surface area contributed by atoms with Crippen LogP contribution in [0.25, 0.3) is 0 Å². The third-order valence-corrected chi connectivity index (χ3v) is 4.10. The van der Waals surface area contributed by atoms with Crippen LogP contribution in [0.2, 0.25) is 0 Å². The molecule has 1 saturated carbocycles. The molecule has 1 atom stereocenters. The highest BCUT2D eigenvalue weighted by atomic mass is 32.2. The van der Waals surface area contributed by atoms with Crippen LogP contribution in [0.5, 0.6) is 0 Å². The second-order valence-electron chi connectivity index (χ2n) is 4.73. The Hall–Kier alpha value is -1.12. The first-order valence-corrected chi connectivity index (χ1v) is 6.78. The average molecular weight is 268 g/mol. The Balaban J connectivity index is 2.00. The molecule has 0 heterocycles. The molecule has 1 aliphatic rings. The summed E-state index contributed by atoms with van der Waals surface area (Å²) in [6.07, 6.45) is 2.16. The Bertz CT molecular complexity index is 482. The van der Waals surface area contributed by atoms with Crippen LogP contribution >= 0.6 is 11.8 Å². The SMILES string of the molecule is CC(C#N)(CSc1cc(F)ccc1F)NC1CC1. The molecule has 1 aromatic rings. The quantitative estimate of drug-likeness (QED) is 0.834. The monoisotopic (exact) mass is 268 g/mol. The van der Waals surface area contributed by atoms with Crippen molar-refractivity contribution in [2.24, 2.45) is 0 Å². The van der Waals surface area contributed by atoms with Gasteiger partial charge in [0.1, 0.15) is 17.2 Å². The number of hydrogen-bond acceptors (Lipinski definition) is 3. The van der Waals surface area contributed by atoms with Gasteiger partial charge in [0, 0.05) is 16.7 Å². The van der Waals surface area contributed by atoms with E-state index in [4.69, 9.17) is 0 Å². The van der Waals surface area contributed by atoms with Gasteiger partial charge in [-0.3, -0.25) is 5.32 Å². The standard InChI is InChI=1S/C13H14F2N2S/c1-13(7-16,17-10-3-4-10)8-18-12-6-9(14)2-5-11(12)15/h2,5-6,10,17H,3-4,8H2,1H3. The number of thioether (sulfide) groups is 1. The van der Waals surface area contributed by atoms with Crippen molar-refractivity contribution in [3.8, 4) is 6.07 Å². The van der Waals surface area contributed by atoms with Gasteiger partial charge >= 0.3 is 0 Å². The van der Waals surface area contributed by atoms with Crippen molar-refractivity contribution in [1.82, 2.24) is 5.32 Å². The smallest absolute Gasteiger partial charge is 0.136 e. The van der Waals surface area contributed by atoms with Crippen molar-refractivity contribution >= 4 is 11.8 Å². The molecule has 5 heteroatoms. The molecule has 0 amide bonds. The Labute approximate surface area is 109 Å². The lowest BCUT2D eigenvalue weighted by molar-refractivity contribution is 0.490. The minimum absolute atomic E-state index is 0.245. The molecule has 1 unspecified atom stereocenters. The van der Waals surface area contributed by atoms with Gasteiger partial charge < -0.3 is 0 Å². The lowest BCUT2D eigenvalue weighted by Crippen LogP contribution is -2.44. The normalized spacial score (nSPS) is 18.1. The molecule has 1 aliphatic carbocycles. The third kappa shape index (κ3) is 3.44. The van der Waals surface area contributed by atoms with Crippen LogP contribution in [0, 0.1) is 23.0 Å². The van der Waals surface area contributed by atoms with Crippen LogP contribution in [0.15, 0.2) is 23.1 Å². The topological polar surface area (TPSA) is 35.8 Å². The molecule has 0 bridgehead atoms. The van der Waals surface area contributed by atoms with Crippen molar-refractivity contribution in [2.45, 2.75) is 36.2 Å². The van der Waals surface area contributed by atoms with Crippen molar-refractivity contribution in [3.63, 3.8) is 0 Å². The fraction of sp³-hybridized carbons (Fsp3) is 0.462. The second-order valence-corrected chi connectivity index (χ2v) is 5.74. The summed E-state index contributed by atoms with van der Waals surface area (Å²) >= 11 is 1.16. The van der Waals surface area contributed by atoms with Crippen molar-refractivity contribution < 1.29 is 8.78 Å². The first kappa shape index (κ1) is 13.3. The van der Waals surface area contributed by atoms with Crippen LogP contribution < -0.4 is 5.32 Å². The van der Waals surface area contributed by atoms with Crippen LogP contribution in [-0.4, -0.2) is 17.3 Å². The van der Waals surface area contributed by atoms with Gasteiger partial charge in [0.2, 0.25) is 0 Å². The molecule has 18 heavy (non-hydrogen) atoms. The highest BCUT2D eigenvalue weighted by Crippen LogP contribution is 2.28. The number of hydrogen-bond donors (Lipinski definition) is 1. The van der Waals surface area contributed by atoms with Gasteiger partial charge in [0.05, 0.1) is 6.07 Å². The number of benzene rings is 1. The fourth-order valence-electron chi connectivity index (χ4n) is 1.59. The fourth-order valence-corrected chi connectivity index (χ4v) is 2.59. The van der Waals surface area contributed by atoms with E-state index in [2.05, 4.69) is 11.4 Å². The molecule has 1 N–H and O–H groups in total. The molecular weight excluding hydrogens is 254 g/mol. The summed E-state index contributed by atoms with van der Waals surface area (Å²) in [5.41, 5.74) is -0.704. The van der Waals surface area contributed by atoms with Crippen molar-refractivity contribution in [2.75, 3.05) is 5.75 Å². The minimum atomic E-state index is -0.704. The number of nitriles is 1. The van der Waals surface area contributed by atoms with Crippen LogP contribution in [-0.2, 0) is 0 Å². The number of halogens is 2. The van der Waals surface area contributed by atoms with E-state index < -0.39 is 17.2 Å². The minimum Gasteiger partial charge on any atom is -0.296 e. The van der Waals surface area contributed by atoms with Gasteiger partial charge in [0.25, 0.3) is 0 Å². The van der Waals surface area contributed by atoms with E-state index in [1.807, 2.05) is 0 Å². The van der Waals surface area contributed by atoms with E-state index in [0.29, 0.717) is 11.8 Å². The highest BCUT2D eigenvalue weighted by molar-refractivity contribution is 7.99. The number of nitrogens with zero attached hydrogens (tertiary/aromatic N) is 1. The summed E-state index contributed by atoms with van der Waals surface area (Å²) < 4.78 is 26.4. The van der Waals surface area contributed by atoms with E-state index in [9.17, 15) is 14.0 Å². The molecule has 2 rings (SSSR count). The molecule has 0 spiro atoms. The molecule has 0 radical (unpaired) electrons. The molecule has 1 aromatic carbocycles. The van der Waals surface area contributed by atoms with E-state index in [-0.39, 0.29) is 4.90 Å². The van der Waals surface area contributed by atoms with E-state index in [1.54, 1.807) is 6.92 Å². The van der Waals surface area contributed by atoms with E-state index in [0.717, 1.165) is 42.8 Å². The first-order valence-electron chi connectivity index (χ1n) is 5.79. The van der Waals surface area contributed by atoms with E-state index in [1.165, 1.54) is 0 Å². The predicted molar refractivity (Wildman–Crippen MR) is 67.3 cm³/mol. The van der Waals surface area contributed by atoms with Gasteiger partial charge in [-0.25, -0.2) is 8.78 Å². The molecular formula is C13H14F2N2S. The average Bonchev–Trinajstić information content (AvgIpc) is 3.14. The number of rotatable bonds is 5. The van der Waals surface area contributed by atoms with Gasteiger partial charge in [-0.2, -0.15) is 5.26 Å². The van der Waals surface area contributed by atoms with E-state index >= 15 is 0 Å².